The predicted molar refractivity (Wildman–Crippen MR) is 66.7 cm³/mol. The van der Waals surface area contributed by atoms with Gasteiger partial charge in [-0.3, -0.25) is 0 Å². The van der Waals surface area contributed by atoms with E-state index in [9.17, 15) is 14.2 Å². The molecule has 18 heavy (non-hydrogen) atoms. The molecule has 0 spiro atoms. The average molecular weight is 272 g/mol. The fourth-order valence-electron chi connectivity index (χ4n) is 1.17. The van der Waals surface area contributed by atoms with Crippen molar-refractivity contribution in [2.24, 2.45) is 0 Å². The molecular weight excluding hydrogens is 255 g/mol. The van der Waals surface area contributed by atoms with Crippen molar-refractivity contribution in [3.8, 4) is 5.63 Å². The fourth-order valence-corrected chi connectivity index (χ4v) is 1.37. The van der Waals surface area contributed by atoms with E-state index in [1.165, 1.54) is 0 Å². The molecule has 6 heteroatoms. The maximum atomic E-state index is 11.0. The van der Waals surface area contributed by atoms with Crippen molar-refractivity contribution in [3.63, 3.8) is 0 Å². The Morgan fingerprint density at radius 1 is 1.44 bits per heavy atom. The van der Waals surface area contributed by atoms with Gasteiger partial charge in [-0.2, -0.15) is 0 Å². The van der Waals surface area contributed by atoms with Crippen molar-refractivity contribution in [2.75, 3.05) is 6.61 Å². The number of carbonyl (C=O) groups is 2. The maximum absolute atomic E-state index is 11.0. The van der Waals surface area contributed by atoms with E-state index in [2.05, 4.69) is 12.2 Å². The van der Waals surface area contributed by atoms with Crippen molar-refractivity contribution >= 4 is 19.9 Å². The van der Waals surface area contributed by atoms with E-state index in [4.69, 9.17) is 9.47 Å². The molecule has 0 fully saturated rings. The molecule has 1 unspecified atom stereocenters. The third-order valence-corrected chi connectivity index (χ3v) is 2.33. The van der Waals surface area contributed by atoms with Gasteiger partial charge in [-0.1, -0.05) is 6.58 Å². The average Bonchev–Trinajstić information content (AvgIpc) is 2.35. The van der Waals surface area contributed by atoms with Gasteiger partial charge < -0.3 is 0 Å². The van der Waals surface area contributed by atoms with Crippen LogP contribution >= 0.6 is 7.92 Å². The molecule has 0 saturated carbocycles. The zero-order valence-corrected chi connectivity index (χ0v) is 11.3. The second-order valence-corrected chi connectivity index (χ2v) is 4.09. The zero-order valence-electron chi connectivity index (χ0n) is 10.4. The van der Waals surface area contributed by atoms with Crippen molar-refractivity contribution in [2.45, 2.75) is 38.7 Å². The Kier molecular flexibility index (Phi) is 10.0. The molecule has 1 atom stereocenters. The molecule has 0 heterocycles. The van der Waals surface area contributed by atoms with E-state index >= 15 is 0 Å². The molecule has 0 aromatic carbocycles. The molecule has 0 aliphatic carbocycles. The van der Waals surface area contributed by atoms with Crippen molar-refractivity contribution in [1.29, 1.82) is 0 Å². The third-order valence-electron chi connectivity index (χ3n) is 2.04. The van der Waals surface area contributed by atoms with E-state index < -0.39 is 11.9 Å². The molecule has 100 valence electrons. The van der Waals surface area contributed by atoms with E-state index in [0.29, 0.717) is 19.4 Å². The first kappa shape index (κ1) is 16.7. The van der Waals surface area contributed by atoms with Gasteiger partial charge >= 0.3 is 101 Å². The second-order valence-electron chi connectivity index (χ2n) is 3.59. The summed E-state index contributed by atoms with van der Waals surface area (Å²) in [6.07, 6.45) is 3.06. The minimum absolute atomic E-state index is 0.0710. The Balaban J connectivity index is 3.52. The number of hydrogen-bond acceptors (Lipinski definition) is 5. The quantitative estimate of drug-likeness (QED) is 0.294. The van der Waals surface area contributed by atoms with Crippen molar-refractivity contribution in [1.82, 2.24) is 0 Å². The number of esters is 2. The van der Waals surface area contributed by atoms with E-state index in [-0.39, 0.29) is 20.4 Å². The van der Waals surface area contributed by atoms with Gasteiger partial charge in [0.1, 0.15) is 0 Å². The normalized spacial score (nSPS) is 10.9. The molecule has 0 aromatic heterocycles. The molecule has 0 aromatic rings. The first-order valence-electron chi connectivity index (χ1n) is 5.64. The van der Waals surface area contributed by atoms with Crippen LogP contribution in [0.15, 0.2) is 12.7 Å². The molecule has 0 saturated heterocycles. The van der Waals surface area contributed by atoms with Gasteiger partial charge in [-0.25, -0.2) is 0 Å². The van der Waals surface area contributed by atoms with Crippen LogP contribution in [0.3, 0.4) is 0 Å². The first-order chi connectivity index (χ1) is 8.60. The summed E-state index contributed by atoms with van der Waals surface area (Å²) in [7, 11) is -0.290. The Bertz CT molecular complexity index is 384. The number of ether oxygens (including phenoxy) is 2. The summed E-state index contributed by atoms with van der Waals surface area (Å²) in [5.41, 5.74) is 2.31. The van der Waals surface area contributed by atoms with Gasteiger partial charge in [-0.05, 0) is 0 Å². The monoisotopic (exact) mass is 272 g/mol. The zero-order chi connectivity index (χ0) is 13.8. The Morgan fingerprint density at radius 2 is 2.17 bits per heavy atom. The van der Waals surface area contributed by atoms with Crippen LogP contribution in [-0.2, 0) is 23.6 Å². The number of unbranched alkanes of at least 4 members (excludes halogenated alkanes) is 1. The molecule has 5 nitrogen and oxygen atoms in total. The van der Waals surface area contributed by atoms with Crippen LogP contribution in [0.4, 0.5) is 0 Å². The van der Waals surface area contributed by atoms with Crippen LogP contribution in [0.5, 0.6) is 0 Å². The minimum atomic E-state index is -0.440. The molecule has 0 N–H and O–H groups in total. The summed E-state index contributed by atoms with van der Waals surface area (Å²) >= 11 is 0. The number of hydrogen-bond donors (Lipinski definition) is 0. The summed E-state index contributed by atoms with van der Waals surface area (Å²) < 4.78 is 19.8. The predicted octanol–water partition coefficient (Wildman–Crippen LogP) is 2.46. The van der Waals surface area contributed by atoms with Crippen molar-refractivity contribution < 1.29 is 23.6 Å². The SMILES string of the molecule is C=CC(=O)OC(C)CCCCOC(=O)CC#P=O. The fraction of sp³-hybridized carbons (Fsp3) is 0.583. The van der Waals surface area contributed by atoms with Crippen LogP contribution in [-0.4, -0.2) is 24.6 Å². The molecule has 0 aliphatic rings. The van der Waals surface area contributed by atoms with Gasteiger partial charge in [0.15, 0.2) is 0 Å². The molecule has 0 aliphatic heterocycles. The second kappa shape index (κ2) is 10.8. The van der Waals surface area contributed by atoms with E-state index in [0.717, 1.165) is 12.5 Å². The standard InChI is InChI=1S/C12H17O5P/c1-3-11(13)17-10(2)6-4-5-8-16-12(14)7-9-18-15/h3,10H,1,4-8H2,2H3. The van der Waals surface area contributed by atoms with Gasteiger partial charge in [0.05, 0.1) is 0 Å². The summed E-state index contributed by atoms with van der Waals surface area (Å²) in [6, 6.07) is 0. The summed E-state index contributed by atoms with van der Waals surface area (Å²) in [5.74, 6) is -0.874. The van der Waals surface area contributed by atoms with E-state index in [1.54, 1.807) is 6.92 Å². The molecule has 0 bridgehead atoms. The summed E-state index contributed by atoms with van der Waals surface area (Å²) in [5, 5.41) is 0. The topological polar surface area (TPSA) is 69.7 Å². The van der Waals surface area contributed by atoms with Crippen LogP contribution in [0.25, 0.3) is 0 Å². The Labute approximate surface area is 108 Å². The van der Waals surface area contributed by atoms with Gasteiger partial charge in [0.25, 0.3) is 0 Å². The van der Waals surface area contributed by atoms with Gasteiger partial charge in [0.2, 0.25) is 0 Å². The summed E-state index contributed by atoms with van der Waals surface area (Å²) in [4.78, 5) is 21.8. The first-order valence-corrected chi connectivity index (χ1v) is 6.45. The van der Waals surface area contributed by atoms with Crippen LogP contribution in [0.1, 0.15) is 32.6 Å². The van der Waals surface area contributed by atoms with Gasteiger partial charge in [-0.15, -0.1) is 0 Å². The van der Waals surface area contributed by atoms with Gasteiger partial charge in [0, 0.05) is 0 Å². The van der Waals surface area contributed by atoms with Crippen LogP contribution in [0.2, 0.25) is 0 Å². The molecule has 0 rings (SSSR count). The van der Waals surface area contributed by atoms with Crippen LogP contribution in [0, 0.1) is 5.63 Å². The number of carbonyl (C=O) groups excluding carboxylic acids is 2. The number of rotatable bonds is 8. The molecule has 0 radical (unpaired) electrons. The Morgan fingerprint density at radius 3 is 2.78 bits per heavy atom. The molecule has 0 amide bonds. The summed E-state index contributed by atoms with van der Waals surface area (Å²) in [6.45, 7) is 5.41. The van der Waals surface area contributed by atoms with Crippen molar-refractivity contribution in [3.05, 3.63) is 12.7 Å². The Hall–Kier alpha value is -1.31. The van der Waals surface area contributed by atoms with E-state index in [1.807, 2.05) is 0 Å². The molecular formula is C12H17O5P. The third kappa shape index (κ3) is 9.88. The van der Waals surface area contributed by atoms with Crippen LogP contribution < -0.4 is 0 Å².